The van der Waals surface area contributed by atoms with Crippen LogP contribution in [-0.2, 0) is 9.59 Å². The summed E-state index contributed by atoms with van der Waals surface area (Å²) < 4.78 is 0. The molecular formula is C14H24N2O2. The zero-order chi connectivity index (χ0) is 13.1. The molecule has 0 aromatic heterocycles. The monoisotopic (exact) mass is 252 g/mol. The molecule has 102 valence electrons. The summed E-state index contributed by atoms with van der Waals surface area (Å²) in [5.74, 6) is 0.596. The van der Waals surface area contributed by atoms with Crippen molar-refractivity contribution in [2.45, 2.75) is 52.0 Å². The molecule has 0 aromatic rings. The summed E-state index contributed by atoms with van der Waals surface area (Å²) >= 11 is 0. The zero-order valence-corrected chi connectivity index (χ0v) is 11.5. The molecule has 2 saturated heterocycles. The molecule has 2 aliphatic heterocycles. The maximum absolute atomic E-state index is 12.5. The van der Waals surface area contributed by atoms with Crippen LogP contribution in [0.3, 0.4) is 0 Å². The van der Waals surface area contributed by atoms with Crippen LogP contribution < -0.4 is 0 Å². The SMILES string of the molecule is CC(=O)N1CCC(C(=O)N2CCCC[C@@H]2C)CC1. The number of hydrogen-bond acceptors (Lipinski definition) is 2. The van der Waals surface area contributed by atoms with Crippen molar-refractivity contribution < 1.29 is 9.59 Å². The second-order valence-corrected chi connectivity index (χ2v) is 5.66. The van der Waals surface area contributed by atoms with Crippen LogP contribution in [-0.4, -0.2) is 47.3 Å². The Morgan fingerprint density at radius 3 is 2.22 bits per heavy atom. The third-order valence-electron chi connectivity index (χ3n) is 4.38. The molecule has 4 nitrogen and oxygen atoms in total. The van der Waals surface area contributed by atoms with E-state index < -0.39 is 0 Å². The minimum absolute atomic E-state index is 0.132. The number of rotatable bonds is 1. The molecule has 0 N–H and O–H groups in total. The molecule has 0 spiro atoms. The number of hydrogen-bond donors (Lipinski definition) is 0. The summed E-state index contributed by atoms with van der Waals surface area (Å²) in [6, 6.07) is 0.400. The summed E-state index contributed by atoms with van der Waals surface area (Å²) in [6.45, 7) is 6.17. The van der Waals surface area contributed by atoms with Gasteiger partial charge in [-0.15, -0.1) is 0 Å². The lowest BCUT2D eigenvalue weighted by Gasteiger charge is -2.38. The Bertz CT molecular complexity index is 322. The molecule has 0 unspecified atom stereocenters. The molecule has 2 rings (SSSR count). The number of likely N-dealkylation sites (tertiary alicyclic amines) is 2. The van der Waals surface area contributed by atoms with Crippen molar-refractivity contribution in [1.82, 2.24) is 9.80 Å². The van der Waals surface area contributed by atoms with Crippen LogP contribution in [0.4, 0.5) is 0 Å². The molecule has 1 atom stereocenters. The predicted molar refractivity (Wildman–Crippen MR) is 70.0 cm³/mol. The summed E-state index contributed by atoms with van der Waals surface area (Å²) in [5.41, 5.74) is 0. The van der Waals surface area contributed by atoms with Crippen LogP contribution in [0.25, 0.3) is 0 Å². The average molecular weight is 252 g/mol. The van der Waals surface area contributed by atoms with Gasteiger partial charge in [-0.25, -0.2) is 0 Å². The van der Waals surface area contributed by atoms with Crippen molar-refractivity contribution in [3.63, 3.8) is 0 Å². The molecular weight excluding hydrogens is 228 g/mol. The van der Waals surface area contributed by atoms with Crippen molar-refractivity contribution in [2.75, 3.05) is 19.6 Å². The first-order valence-electron chi connectivity index (χ1n) is 7.15. The molecule has 0 aromatic carbocycles. The number of carbonyl (C=O) groups is 2. The van der Waals surface area contributed by atoms with Crippen LogP contribution in [0.5, 0.6) is 0 Å². The molecule has 2 fully saturated rings. The molecule has 0 saturated carbocycles. The van der Waals surface area contributed by atoms with Gasteiger partial charge in [0, 0.05) is 38.5 Å². The Hall–Kier alpha value is -1.06. The number of nitrogens with zero attached hydrogens (tertiary/aromatic N) is 2. The highest BCUT2D eigenvalue weighted by Crippen LogP contribution is 2.24. The Labute approximate surface area is 109 Å². The maximum Gasteiger partial charge on any atom is 0.226 e. The molecule has 2 aliphatic rings. The first-order valence-corrected chi connectivity index (χ1v) is 7.15. The van der Waals surface area contributed by atoms with Crippen LogP contribution in [0.15, 0.2) is 0 Å². The van der Waals surface area contributed by atoms with Crippen molar-refractivity contribution in [2.24, 2.45) is 5.92 Å². The minimum atomic E-state index is 0.132. The Morgan fingerprint density at radius 1 is 1.00 bits per heavy atom. The van der Waals surface area contributed by atoms with Gasteiger partial charge in [0.15, 0.2) is 0 Å². The molecule has 2 amide bonds. The average Bonchev–Trinajstić information content (AvgIpc) is 2.38. The fourth-order valence-electron chi connectivity index (χ4n) is 3.10. The molecule has 0 radical (unpaired) electrons. The second-order valence-electron chi connectivity index (χ2n) is 5.66. The highest BCUT2D eigenvalue weighted by atomic mass is 16.2. The fourth-order valence-corrected chi connectivity index (χ4v) is 3.10. The van der Waals surface area contributed by atoms with Gasteiger partial charge >= 0.3 is 0 Å². The van der Waals surface area contributed by atoms with Gasteiger partial charge in [-0.1, -0.05) is 0 Å². The van der Waals surface area contributed by atoms with Gasteiger partial charge in [-0.2, -0.15) is 0 Å². The fraction of sp³-hybridized carbons (Fsp3) is 0.857. The Morgan fingerprint density at radius 2 is 1.67 bits per heavy atom. The summed E-state index contributed by atoms with van der Waals surface area (Å²) in [5, 5.41) is 0. The molecule has 2 heterocycles. The van der Waals surface area contributed by atoms with E-state index in [2.05, 4.69) is 11.8 Å². The van der Waals surface area contributed by atoms with Gasteiger partial charge in [0.2, 0.25) is 11.8 Å². The van der Waals surface area contributed by atoms with Gasteiger partial charge < -0.3 is 9.80 Å². The Balaban J connectivity index is 1.88. The van der Waals surface area contributed by atoms with E-state index in [-0.39, 0.29) is 11.8 Å². The van der Waals surface area contributed by atoms with Crippen molar-refractivity contribution in [1.29, 1.82) is 0 Å². The van der Waals surface area contributed by atoms with Crippen molar-refractivity contribution >= 4 is 11.8 Å². The first-order chi connectivity index (χ1) is 8.59. The second kappa shape index (κ2) is 5.72. The van der Waals surface area contributed by atoms with E-state index in [0.717, 1.165) is 45.3 Å². The van der Waals surface area contributed by atoms with Crippen molar-refractivity contribution in [3.8, 4) is 0 Å². The van der Waals surface area contributed by atoms with E-state index in [9.17, 15) is 9.59 Å². The number of amides is 2. The summed E-state index contributed by atoms with van der Waals surface area (Å²) in [4.78, 5) is 27.6. The standard InChI is InChI=1S/C14H24N2O2/c1-11-5-3-4-8-16(11)14(18)13-6-9-15(10-7-13)12(2)17/h11,13H,3-10H2,1-2H3/t11-/m0/s1. The lowest BCUT2D eigenvalue weighted by atomic mass is 9.93. The van der Waals surface area contributed by atoms with Gasteiger partial charge in [0.1, 0.15) is 0 Å². The normalized spacial score (nSPS) is 26.2. The van der Waals surface area contributed by atoms with Gasteiger partial charge in [-0.05, 0) is 39.0 Å². The highest BCUT2D eigenvalue weighted by Gasteiger charge is 2.32. The summed E-state index contributed by atoms with van der Waals surface area (Å²) in [6.07, 6.45) is 5.19. The highest BCUT2D eigenvalue weighted by molar-refractivity contribution is 5.80. The minimum Gasteiger partial charge on any atom is -0.343 e. The molecule has 18 heavy (non-hydrogen) atoms. The quantitative estimate of drug-likeness (QED) is 0.712. The number of piperidine rings is 2. The van der Waals surface area contributed by atoms with E-state index >= 15 is 0 Å². The first kappa shape index (κ1) is 13.4. The molecule has 0 bridgehead atoms. The lowest BCUT2D eigenvalue weighted by molar-refractivity contribution is -0.142. The smallest absolute Gasteiger partial charge is 0.226 e. The number of carbonyl (C=O) groups excluding carboxylic acids is 2. The topological polar surface area (TPSA) is 40.6 Å². The van der Waals surface area contributed by atoms with Crippen LogP contribution in [0.1, 0.15) is 46.0 Å². The third kappa shape index (κ3) is 2.85. The van der Waals surface area contributed by atoms with Gasteiger partial charge in [-0.3, -0.25) is 9.59 Å². The van der Waals surface area contributed by atoms with E-state index in [0.29, 0.717) is 11.9 Å². The lowest BCUT2D eigenvalue weighted by Crippen LogP contribution is -2.48. The van der Waals surface area contributed by atoms with E-state index in [1.165, 1.54) is 6.42 Å². The van der Waals surface area contributed by atoms with Crippen LogP contribution in [0.2, 0.25) is 0 Å². The summed E-state index contributed by atoms with van der Waals surface area (Å²) in [7, 11) is 0. The maximum atomic E-state index is 12.5. The van der Waals surface area contributed by atoms with E-state index in [4.69, 9.17) is 0 Å². The van der Waals surface area contributed by atoms with Gasteiger partial charge in [0.05, 0.1) is 0 Å². The van der Waals surface area contributed by atoms with Crippen molar-refractivity contribution in [3.05, 3.63) is 0 Å². The largest absolute Gasteiger partial charge is 0.343 e. The third-order valence-corrected chi connectivity index (χ3v) is 4.38. The molecule has 4 heteroatoms. The van der Waals surface area contributed by atoms with Gasteiger partial charge in [0.25, 0.3) is 0 Å². The van der Waals surface area contributed by atoms with E-state index in [1.54, 1.807) is 6.92 Å². The van der Waals surface area contributed by atoms with Crippen LogP contribution in [0, 0.1) is 5.92 Å². The van der Waals surface area contributed by atoms with Crippen LogP contribution >= 0.6 is 0 Å². The zero-order valence-electron chi connectivity index (χ0n) is 11.5. The van der Waals surface area contributed by atoms with E-state index in [1.807, 2.05) is 4.90 Å². The molecule has 0 aliphatic carbocycles. The Kier molecular flexibility index (Phi) is 4.25. The predicted octanol–water partition coefficient (Wildman–Crippen LogP) is 1.65.